The molecule has 0 heterocycles. The summed E-state index contributed by atoms with van der Waals surface area (Å²) in [6, 6.07) is 3.13. The Bertz CT molecular complexity index is 307. The van der Waals surface area contributed by atoms with Crippen molar-refractivity contribution in [3.63, 3.8) is 0 Å². The molecule has 12 heavy (non-hydrogen) atoms. The van der Waals surface area contributed by atoms with Crippen LogP contribution in [0.5, 0.6) is 0 Å². The molecule has 0 fully saturated rings. The molecule has 0 nitrogen and oxygen atoms in total. The van der Waals surface area contributed by atoms with Gasteiger partial charge in [-0.3, -0.25) is 0 Å². The minimum Gasteiger partial charge on any atom is -0.0842 e. The summed E-state index contributed by atoms with van der Waals surface area (Å²) >= 11 is 23.0. The third-order valence-electron chi connectivity index (χ3n) is 1.28. The van der Waals surface area contributed by atoms with Gasteiger partial charge in [-0.1, -0.05) is 53.0 Å². The highest BCUT2D eigenvalue weighted by Crippen LogP contribution is 2.34. The van der Waals surface area contributed by atoms with E-state index in [4.69, 9.17) is 46.4 Å². The van der Waals surface area contributed by atoms with Gasteiger partial charge in [0.2, 0.25) is 0 Å². The Morgan fingerprint density at radius 2 is 1.50 bits per heavy atom. The monoisotopic (exact) mass is 240 g/mol. The normalized spacial score (nSPS) is 10.0. The minimum absolute atomic E-state index is 0.307. The van der Waals surface area contributed by atoms with Crippen molar-refractivity contribution in [2.45, 2.75) is 0 Å². The topological polar surface area (TPSA) is 0 Å². The predicted molar refractivity (Wildman–Crippen MR) is 56.4 cm³/mol. The molecule has 1 rings (SSSR count). The molecule has 0 amide bonds. The summed E-state index contributed by atoms with van der Waals surface area (Å²) in [4.78, 5) is 0. The second kappa shape index (κ2) is 3.89. The third kappa shape index (κ3) is 2.08. The van der Waals surface area contributed by atoms with Crippen LogP contribution in [0.1, 0.15) is 5.56 Å². The van der Waals surface area contributed by atoms with Crippen LogP contribution in [0, 0.1) is 0 Å². The van der Waals surface area contributed by atoms with Crippen LogP contribution in [0.25, 0.3) is 5.03 Å². The van der Waals surface area contributed by atoms with Gasteiger partial charge < -0.3 is 0 Å². The lowest BCUT2D eigenvalue weighted by molar-refractivity contribution is 1.65. The standard InChI is InChI=1S/C8H4Cl4/c1-4(9)8-6(11)2-5(10)3-7(8)12/h2-3H,1H2. The van der Waals surface area contributed by atoms with Gasteiger partial charge in [0.25, 0.3) is 0 Å². The molecule has 0 aromatic heterocycles. The van der Waals surface area contributed by atoms with Crippen molar-refractivity contribution in [1.29, 1.82) is 0 Å². The Hall–Kier alpha value is 0.120. The molecule has 0 aliphatic rings. The number of halogens is 4. The Morgan fingerprint density at radius 1 is 1.08 bits per heavy atom. The van der Waals surface area contributed by atoms with Crippen LogP contribution in [0.15, 0.2) is 18.7 Å². The summed E-state index contributed by atoms with van der Waals surface area (Å²) < 4.78 is 0. The molecule has 1 aromatic carbocycles. The van der Waals surface area contributed by atoms with Gasteiger partial charge in [0.05, 0.1) is 10.0 Å². The van der Waals surface area contributed by atoms with Gasteiger partial charge in [-0.15, -0.1) is 0 Å². The van der Waals surface area contributed by atoms with Crippen molar-refractivity contribution in [2.24, 2.45) is 0 Å². The molecule has 0 aliphatic carbocycles. The van der Waals surface area contributed by atoms with Gasteiger partial charge in [-0.25, -0.2) is 0 Å². The zero-order valence-electron chi connectivity index (χ0n) is 5.87. The van der Waals surface area contributed by atoms with Gasteiger partial charge in [0.1, 0.15) is 0 Å². The molecule has 0 bridgehead atoms. The third-order valence-corrected chi connectivity index (χ3v) is 2.28. The van der Waals surface area contributed by atoms with E-state index in [0.717, 1.165) is 0 Å². The highest BCUT2D eigenvalue weighted by atomic mass is 35.5. The first-order chi connectivity index (χ1) is 5.52. The van der Waals surface area contributed by atoms with Crippen LogP contribution >= 0.6 is 46.4 Å². The van der Waals surface area contributed by atoms with E-state index in [1.54, 1.807) is 12.1 Å². The van der Waals surface area contributed by atoms with Crippen LogP contribution in [-0.2, 0) is 0 Å². The molecule has 0 N–H and O–H groups in total. The average Bonchev–Trinajstić information content (AvgIpc) is 1.82. The Morgan fingerprint density at radius 3 is 1.83 bits per heavy atom. The van der Waals surface area contributed by atoms with Gasteiger partial charge >= 0.3 is 0 Å². The molecule has 0 saturated carbocycles. The van der Waals surface area contributed by atoms with Crippen molar-refractivity contribution in [3.05, 3.63) is 39.3 Å². The summed E-state index contributed by atoms with van der Waals surface area (Å²) in [7, 11) is 0. The van der Waals surface area contributed by atoms with Crippen LogP contribution in [0.2, 0.25) is 15.1 Å². The van der Waals surface area contributed by atoms with Crippen molar-refractivity contribution in [2.75, 3.05) is 0 Å². The van der Waals surface area contributed by atoms with E-state index in [-0.39, 0.29) is 0 Å². The highest BCUT2D eigenvalue weighted by molar-refractivity contribution is 6.52. The maximum absolute atomic E-state index is 5.82. The maximum atomic E-state index is 5.82. The number of benzene rings is 1. The summed E-state index contributed by atoms with van der Waals surface area (Å²) in [5.41, 5.74) is 0.532. The number of hydrogen-bond donors (Lipinski definition) is 0. The van der Waals surface area contributed by atoms with E-state index in [0.29, 0.717) is 25.7 Å². The predicted octanol–water partition coefficient (Wildman–Crippen LogP) is 4.86. The number of hydrogen-bond acceptors (Lipinski definition) is 0. The van der Waals surface area contributed by atoms with E-state index in [1.165, 1.54) is 0 Å². The van der Waals surface area contributed by atoms with Crippen molar-refractivity contribution in [1.82, 2.24) is 0 Å². The largest absolute Gasteiger partial charge is 0.0842 e. The van der Waals surface area contributed by atoms with Crippen LogP contribution in [0.4, 0.5) is 0 Å². The lowest BCUT2D eigenvalue weighted by Crippen LogP contribution is -1.81. The number of rotatable bonds is 1. The van der Waals surface area contributed by atoms with Crippen molar-refractivity contribution >= 4 is 51.4 Å². The molecule has 0 saturated heterocycles. The smallest absolute Gasteiger partial charge is 0.0522 e. The molecule has 4 heteroatoms. The van der Waals surface area contributed by atoms with Crippen molar-refractivity contribution in [3.8, 4) is 0 Å². The molecule has 0 unspecified atom stereocenters. The summed E-state index contributed by atoms with van der Waals surface area (Å²) in [5.74, 6) is 0. The lowest BCUT2D eigenvalue weighted by atomic mass is 10.2. The SMILES string of the molecule is C=C(Cl)c1c(Cl)cc(Cl)cc1Cl. The van der Waals surface area contributed by atoms with Crippen LogP contribution in [-0.4, -0.2) is 0 Å². The van der Waals surface area contributed by atoms with Gasteiger partial charge in [0, 0.05) is 15.6 Å². The Balaban J connectivity index is 3.38. The quantitative estimate of drug-likeness (QED) is 0.659. The van der Waals surface area contributed by atoms with E-state index in [2.05, 4.69) is 6.58 Å². The second-order valence-corrected chi connectivity index (χ2v) is 3.86. The fourth-order valence-electron chi connectivity index (χ4n) is 0.801. The molecule has 0 atom stereocenters. The van der Waals surface area contributed by atoms with Crippen LogP contribution < -0.4 is 0 Å². The molecule has 64 valence electrons. The molecule has 0 aliphatic heterocycles. The zero-order valence-corrected chi connectivity index (χ0v) is 8.90. The highest BCUT2D eigenvalue weighted by Gasteiger charge is 2.08. The summed E-state index contributed by atoms with van der Waals surface area (Å²) in [6.45, 7) is 3.53. The fourth-order valence-corrected chi connectivity index (χ4v) is 2.15. The molecule has 0 radical (unpaired) electrons. The van der Waals surface area contributed by atoms with E-state index in [1.807, 2.05) is 0 Å². The van der Waals surface area contributed by atoms with Gasteiger partial charge in [-0.05, 0) is 12.1 Å². The summed E-state index contributed by atoms with van der Waals surface area (Å²) in [5, 5.41) is 1.60. The lowest BCUT2D eigenvalue weighted by Gasteiger charge is -2.04. The Labute approximate surface area is 90.7 Å². The van der Waals surface area contributed by atoms with E-state index >= 15 is 0 Å². The Kier molecular flexibility index (Phi) is 3.30. The van der Waals surface area contributed by atoms with E-state index < -0.39 is 0 Å². The summed E-state index contributed by atoms with van der Waals surface area (Å²) in [6.07, 6.45) is 0. The van der Waals surface area contributed by atoms with E-state index in [9.17, 15) is 0 Å². The minimum atomic E-state index is 0.307. The second-order valence-electron chi connectivity index (χ2n) is 2.15. The fraction of sp³-hybridized carbons (Fsp3) is 0. The zero-order chi connectivity index (χ0) is 9.30. The molecule has 0 spiro atoms. The first-order valence-electron chi connectivity index (χ1n) is 3.01. The van der Waals surface area contributed by atoms with Crippen LogP contribution in [0.3, 0.4) is 0 Å². The van der Waals surface area contributed by atoms with Gasteiger partial charge in [-0.2, -0.15) is 0 Å². The molecular weight excluding hydrogens is 238 g/mol. The maximum Gasteiger partial charge on any atom is 0.0522 e. The van der Waals surface area contributed by atoms with Gasteiger partial charge in [0.15, 0.2) is 0 Å². The van der Waals surface area contributed by atoms with Crippen molar-refractivity contribution < 1.29 is 0 Å². The first kappa shape index (κ1) is 10.2. The first-order valence-corrected chi connectivity index (χ1v) is 4.53. The average molecular weight is 242 g/mol. The molecular formula is C8H4Cl4. The molecule has 1 aromatic rings.